The van der Waals surface area contributed by atoms with Crippen molar-refractivity contribution in [3.63, 3.8) is 0 Å². The average molecular weight is 422 g/mol. The molecule has 1 spiro atoms. The fraction of sp³-hybridized carbons (Fsp3) is 0.179. The maximum absolute atomic E-state index is 13.5. The van der Waals surface area contributed by atoms with E-state index in [0.29, 0.717) is 18.8 Å². The normalized spacial score (nSPS) is 23.3. The average Bonchev–Trinajstić information content (AvgIpc) is 3.38. The van der Waals surface area contributed by atoms with Gasteiger partial charge in [-0.2, -0.15) is 0 Å². The van der Waals surface area contributed by atoms with E-state index < -0.39 is 5.41 Å². The zero-order valence-corrected chi connectivity index (χ0v) is 17.7. The highest BCUT2D eigenvalue weighted by atomic mass is 16.5. The van der Waals surface area contributed by atoms with Crippen LogP contribution in [0.5, 0.6) is 11.5 Å². The molecule has 0 unspecified atom stereocenters. The van der Waals surface area contributed by atoms with Gasteiger partial charge in [0.1, 0.15) is 22.7 Å². The van der Waals surface area contributed by atoms with Crippen molar-refractivity contribution in [3.05, 3.63) is 107 Å². The number of ether oxygens (including phenoxy) is 3. The Balaban J connectivity index is 1.57. The molecule has 0 fully saturated rings. The second-order valence-corrected chi connectivity index (χ2v) is 8.44. The molecule has 2 atom stereocenters. The van der Waals surface area contributed by atoms with Crippen LogP contribution in [0.3, 0.4) is 0 Å². The second-order valence-electron chi connectivity index (χ2n) is 8.44. The summed E-state index contributed by atoms with van der Waals surface area (Å²) >= 11 is 0. The number of rotatable bonds is 3. The van der Waals surface area contributed by atoms with Crippen molar-refractivity contribution < 1.29 is 19.0 Å². The molecule has 3 aliphatic rings. The summed E-state index contributed by atoms with van der Waals surface area (Å²) in [6, 6.07) is 25.8. The van der Waals surface area contributed by atoms with Crippen molar-refractivity contribution in [2.45, 2.75) is 11.8 Å². The highest BCUT2D eigenvalue weighted by molar-refractivity contribution is 6.05. The molecular weight excluding hydrogens is 400 g/mol. The first-order chi connectivity index (χ1) is 15.7. The van der Waals surface area contributed by atoms with Crippen LogP contribution in [0.15, 0.2) is 90.5 Å². The number of benzene rings is 3. The van der Waals surface area contributed by atoms with Crippen molar-refractivity contribution in [3.8, 4) is 11.5 Å². The zero-order chi connectivity index (χ0) is 21.7. The summed E-state index contributed by atoms with van der Waals surface area (Å²) < 4.78 is 17.3. The third-order valence-electron chi connectivity index (χ3n) is 6.78. The number of carbonyl (C=O) groups excluding carboxylic acids is 1. The van der Waals surface area contributed by atoms with Gasteiger partial charge in [0.2, 0.25) is 0 Å². The number of esters is 1. The van der Waals surface area contributed by atoms with Gasteiger partial charge in [0, 0.05) is 22.6 Å². The predicted molar refractivity (Wildman–Crippen MR) is 122 cm³/mol. The van der Waals surface area contributed by atoms with Gasteiger partial charge >= 0.3 is 5.97 Å². The molecule has 0 aromatic heterocycles. The van der Waals surface area contributed by atoms with Gasteiger partial charge in [0.25, 0.3) is 0 Å². The minimum atomic E-state index is -0.829. The Morgan fingerprint density at radius 2 is 1.66 bits per heavy atom. The van der Waals surface area contributed by atoms with Gasteiger partial charge in [-0.1, -0.05) is 48.5 Å². The van der Waals surface area contributed by atoms with Gasteiger partial charge in [-0.25, -0.2) is 0 Å². The number of hydrogen-bond acceptors (Lipinski definition) is 4. The first-order valence-corrected chi connectivity index (χ1v) is 10.8. The van der Waals surface area contributed by atoms with Crippen LogP contribution in [0.25, 0.3) is 11.3 Å². The van der Waals surface area contributed by atoms with Gasteiger partial charge in [0.05, 0.1) is 13.7 Å². The van der Waals surface area contributed by atoms with Gasteiger partial charge in [-0.15, -0.1) is 0 Å². The summed E-state index contributed by atoms with van der Waals surface area (Å²) in [6.45, 7) is 0.548. The topological polar surface area (TPSA) is 44.8 Å². The van der Waals surface area contributed by atoms with Crippen molar-refractivity contribution >= 4 is 17.3 Å². The Morgan fingerprint density at radius 1 is 0.906 bits per heavy atom. The summed E-state index contributed by atoms with van der Waals surface area (Å²) in [5.41, 5.74) is 4.25. The van der Waals surface area contributed by atoms with E-state index in [0.717, 1.165) is 39.3 Å². The Bertz CT molecular complexity index is 1270. The minimum Gasteiger partial charge on any atom is -0.497 e. The van der Waals surface area contributed by atoms with Crippen molar-refractivity contribution in [1.82, 2.24) is 0 Å². The molecule has 4 nitrogen and oxygen atoms in total. The smallest absolute Gasteiger partial charge is 0.326 e. The maximum atomic E-state index is 13.5. The van der Waals surface area contributed by atoms with Crippen LogP contribution < -0.4 is 9.47 Å². The molecule has 3 aromatic carbocycles. The van der Waals surface area contributed by atoms with E-state index in [1.54, 1.807) is 7.11 Å². The van der Waals surface area contributed by atoms with Crippen LogP contribution in [0.4, 0.5) is 0 Å². The lowest BCUT2D eigenvalue weighted by Crippen LogP contribution is -2.40. The lowest BCUT2D eigenvalue weighted by Gasteiger charge is -2.36. The molecule has 2 heterocycles. The van der Waals surface area contributed by atoms with Crippen LogP contribution in [0.2, 0.25) is 0 Å². The molecule has 4 heteroatoms. The molecular formula is C28H22O4. The third kappa shape index (κ3) is 2.65. The molecule has 3 aromatic rings. The lowest BCUT2D eigenvalue weighted by molar-refractivity contribution is -0.136. The Hall–Kier alpha value is -3.79. The van der Waals surface area contributed by atoms with Crippen LogP contribution in [-0.4, -0.2) is 19.7 Å². The highest BCUT2D eigenvalue weighted by Crippen LogP contribution is 2.57. The van der Waals surface area contributed by atoms with Gasteiger partial charge in [0.15, 0.2) is 0 Å². The van der Waals surface area contributed by atoms with E-state index >= 15 is 0 Å². The molecule has 0 saturated carbocycles. The van der Waals surface area contributed by atoms with E-state index in [1.807, 2.05) is 66.7 Å². The van der Waals surface area contributed by atoms with E-state index in [-0.39, 0.29) is 11.9 Å². The molecule has 0 N–H and O–H groups in total. The minimum absolute atomic E-state index is 0.110. The lowest BCUT2D eigenvalue weighted by atomic mass is 9.63. The Kier molecular flexibility index (Phi) is 4.22. The number of allylic oxidation sites excluding steroid dienone is 1. The molecule has 32 heavy (non-hydrogen) atoms. The monoisotopic (exact) mass is 422 g/mol. The van der Waals surface area contributed by atoms with Gasteiger partial charge in [-0.3, -0.25) is 4.79 Å². The van der Waals surface area contributed by atoms with Crippen molar-refractivity contribution in [1.29, 1.82) is 0 Å². The summed E-state index contributed by atoms with van der Waals surface area (Å²) in [6.07, 6.45) is 2.79. The van der Waals surface area contributed by atoms with Crippen LogP contribution in [-0.2, 0) is 14.9 Å². The molecule has 158 valence electrons. The fourth-order valence-corrected chi connectivity index (χ4v) is 5.25. The maximum Gasteiger partial charge on any atom is 0.326 e. The molecule has 0 saturated heterocycles. The molecule has 2 aliphatic heterocycles. The zero-order valence-electron chi connectivity index (χ0n) is 17.7. The van der Waals surface area contributed by atoms with E-state index in [2.05, 4.69) is 18.2 Å². The number of fused-ring (bicyclic) bond motifs is 3. The summed E-state index contributed by atoms with van der Waals surface area (Å²) in [4.78, 5) is 13.5. The van der Waals surface area contributed by atoms with Crippen LogP contribution in [0.1, 0.15) is 23.1 Å². The summed E-state index contributed by atoms with van der Waals surface area (Å²) in [5, 5.41) is 0. The van der Waals surface area contributed by atoms with E-state index in [9.17, 15) is 4.79 Å². The molecule has 6 rings (SSSR count). The second kappa shape index (κ2) is 7.13. The van der Waals surface area contributed by atoms with Crippen molar-refractivity contribution in [2.75, 3.05) is 13.7 Å². The quantitative estimate of drug-likeness (QED) is 0.419. The number of hydrogen-bond donors (Lipinski definition) is 0. The summed E-state index contributed by atoms with van der Waals surface area (Å²) in [7, 11) is 1.66. The number of methoxy groups -OCH3 is 1. The third-order valence-corrected chi connectivity index (χ3v) is 6.78. The van der Waals surface area contributed by atoms with Crippen LogP contribution in [0, 0.1) is 5.92 Å². The standard InChI is InChI=1S/C28H22O4/c1-30-21-13-11-19(12-14-21)26-22-15-24(18-7-3-2-4-8-18)28(16-20(22)17-31-26)23-9-5-6-10-25(23)32-27(28)29/h2-15,20H,16-17H2,1H3/t20-,28+/m0/s1. The molecule has 0 bridgehead atoms. The first kappa shape index (κ1) is 18.9. The van der Waals surface area contributed by atoms with E-state index in [4.69, 9.17) is 14.2 Å². The fourth-order valence-electron chi connectivity index (χ4n) is 5.25. The van der Waals surface area contributed by atoms with E-state index in [1.165, 1.54) is 0 Å². The predicted octanol–water partition coefficient (Wildman–Crippen LogP) is 5.40. The Labute approximate surface area is 186 Å². The molecule has 0 radical (unpaired) electrons. The van der Waals surface area contributed by atoms with Gasteiger partial charge < -0.3 is 14.2 Å². The molecule has 0 amide bonds. The largest absolute Gasteiger partial charge is 0.497 e. The SMILES string of the molecule is COc1ccc(C2=C3C=C(c4ccccc4)[C@]4(C[C@H]3CO2)C(=O)Oc2ccccc24)cc1. The highest BCUT2D eigenvalue weighted by Gasteiger charge is 2.56. The molecule has 1 aliphatic carbocycles. The summed E-state index contributed by atoms with van der Waals surface area (Å²) in [5.74, 6) is 2.24. The number of carbonyl (C=O) groups is 1. The first-order valence-electron chi connectivity index (χ1n) is 10.8. The van der Waals surface area contributed by atoms with Crippen LogP contribution >= 0.6 is 0 Å². The number of para-hydroxylation sites is 1. The Morgan fingerprint density at radius 3 is 2.44 bits per heavy atom. The van der Waals surface area contributed by atoms with Crippen molar-refractivity contribution in [2.24, 2.45) is 5.92 Å². The van der Waals surface area contributed by atoms with Gasteiger partial charge in [-0.05, 0) is 54.0 Å².